The zero-order chi connectivity index (χ0) is 17.4. The minimum Gasteiger partial charge on any atom is -0.386 e. The van der Waals surface area contributed by atoms with Gasteiger partial charge in [-0.15, -0.1) is 0 Å². The molecule has 0 spiro atoms. The Morgan fingerprint density at radius 2 is 1.73 bits per heavy atom. The second kappa shape index (κ2) is 9.85. The molecule has 0 fully saturated rings. The first-order chi connectivity index (χ1) is 9.99. The molecule has 0 aromatic rings. The number of aliphatic hydroxyl groups excluding tert-OH is 1. The van der Waals surface area contributed by atoms with Crippen LogP contribution in [0.4, 0.5) is 0 Å². The van der Waals surface area contributed by atoms with E-state index in [1.54, 1.807) is 0 Å². The molecule has 0 aliphatic rings. The molecule has 134 valence electrons. The van der Waals surface area contributed by atoms with Gasteiger partial charge in [0.05, 0.1) is 20.6 Å². The van der Waals surface area contributed by atoms with E-state index < -0.39 is 22.0 Å². The fourth-order valence-corrected chi connectivity index (χ4v) is 4.00. The molecular formula is C16H36NO4S+. The smallest absolute Gasteiger partial charge is 0.267 e. The Hall–Kier alpha value is -0.170. The van der Waals surface area contributed by atoms with Crippen LogP contribution in [0.5, 0.6) is 0 Å². The van der Waals surface area contributed by atoms with Crippen molar-refractivity contribution < 1.29 is 22.6 Å². The van der Waals surface area contributed by atoms with Crippen LogP contribution >= 0.6 is 0 Å². The summed E-state index contributed by atoms with van der Waals surface area (Å²) in [4.78, 5) is 0. The highest BCUT2D eigenvalue weighted by Crippen LogP contribution is 2.23. The number of aliphatic hydroxyl groups is 1. The summed E-state index contributed by atoms with van der Waals surface area (Å²) in [5.41, 5.74) is 0. The molecule has 0 aromatic heterocycles. The summed E-state index contributed by atoms with van der Waals surface area (Å²) in [7, 11) is -0.124. The van der Waals surface area contributed by atoms with E-state index in [4.69, 9.17) is 4.55 Å². The molecule has 0 aliphatic heterocycles. The standard InChI is InChI=1S/C16H35NO4S/c1-6-8-9-15(7-2)10-14(3)11-17(4,5)12-16(18)13-22(19,20)21/h14-16,18H,6-13H2,1-5H3/p+1. The van der Waals surface area contributed by atoms with Crippen LogP contribution in [0.15, 0.2) is 0 Å². The molecule has 6 heteroatoms. The lowest BCUT2D eigenvalue weighted by atomic mass is 9.89. The molecule has 0 aromatic carbocycles. The van der Waals surface area contributed by atoms with Crippen LogP contribution in [0, 0.1) is 11.8 Å². The number of likely N-dealkylation sites (N-methyl/N-ethyl adjacent to an activating group) is 1. The summed E-state index contributed by atoms with van der Waals surface area (Å²) in [5.74, 6) is 0.685. The van der Waals surface area contributed by atoms with Crippen molar-refractivity contribution in [2.75, 3.05) is 32.9 Å². The van der Waals surface area contributed by atoms with Crippen molar-refractivity contribution in [2.45, 2.75) is 59.0 Å². The molecule has 3 unspecified atom stereocenters. The largest absolute Gasteiger partial charge is 0.386 e. The van der Waals surface area contributed by atoms with E-state index in [9.17, 15) is 13.5 Å². The van der Waals surface area contributed by atoms with Crippen LogP contribution in [-0.4, -0.2) is 61.6 Å². The van der Waals surface area contributed by atoms with Gasteiger partial charge in [0, 0.05) is 5.92 Å². The topological polar surface area (TPSA) is 74.6 Å². The quantitative estimate of drug-likeness (QED) is 0.424. The number of nitrogens with zero attached hydrogens (tertiary/aromatic N) is 1. The molecule has 22 heavy (non-hydrogen) atoms. The molecule has 0 bridgehead atoms. The number of hydrogen-bond acceptors (Lipinski definition) is 3. The molecule has 0 aliphatic carbocycles. The number of quaternary nitrogens is 1. The van der Waals surface area contributed by atoms with Crippen molar-refractivity contribution in [3.8, 4) is 0 Å². The Bertz CT molecular complexity index is 395. The normalized spacial score (nSPS) is 17.2. The summed E-state index contributed by atoms with van der Waals surface area (Å²) in [6, 6.07) is 0. The molecule has 5 nitrogen and oxygen atoms in total. The first-order valence-electron chi connectivity index (χ1n) is 8.44. The van der Waals surface area contributed by atoms with Crippen LogP contribution in [0.2, 0.25) is 0 Å². The van der Waals surface area contributed by atoms with Gasteiger partial charge < -0.3 is 9.59 Å². The highest BCUT2D eigenvalue weighted by molar-refractivity contribution is 7.85. The van der Waals surface area contributed by atoms with E-state index in [1.165, 1.54) is 32.1 Å². The van der Waals surface area contributed by atoms with Gasteiger partial charge in [-0.05, 0) is 12.3 Å². The molecule has 0 radical (unpaired) electrons. The summed E-state index contributed by atoms with van der Waals surface area (Å²) in [6.45, 7) is 7.90. The third-order valence-corrected chi connectivity index (χ3v) is 5.00. The average molecular weight is 339 g/mol. The lowest BCUT2D eigenvalue weighted by molar-refractivity contribution is -0.896. The van der Waals surface area contributed by atoms with Crippen molar-refractivity contribution in [2.24, 2.45) is 11.8 Å². The average Bonchev–Trinajstić information content (AvgIpc) is 2.30. The Morgan fingerprint density at radius 1 is 1.14 bits per heavy atom. The first-order valence-corrected chi connectivity index (χ1v) is 10.0. The van der Waals surface area contributed by atoms with Crippen LogP contribution in [0.1, 0.15) is 52.9 Å². The van der Waals surface area contributed by atoms with E-state index in [1.807, 2.05) is 14.1 Å². The lowest BCUT2D eigenvalue weighted by Crippen LogP contribution is -2.49. The van der Waals surface area contributed by atoms with Crippen molar-refractivity contribution in [1.82, 2.24) is 0 Å². The highest BCUT2D eigenvalue weighted by atomic mass is 32.2. The zero-order valence-corrected chi connectivity index (χ0v) is 15.8. The van der Waals surface area contributed by atoms with Crippen molar-refractivity contribution in [3.05, 3.63) is 0 Å². The molecule has 0 saturated heterocycles. The maximum absolute atomic E-state index is 10.8. The predicted octanol–water partition coefficient (Wildman–Crippen LogP) is 2.55. The van der Waals surface area contributed by atoms with Gasteiger partial charge in [0.25, 0.3) is 10.1 Å². The lowest BCUT2D eigenvalue weighted by Gasteiger charge is -2.34. The van der Waals surface area contributed by atoms with Gasteiger partial charge in [-0.2, -0.15) is 8.42 Å². The maximum atomic E-state index is 10.8. The maximum Gasteiger partial charge on any atom is 0.267 e. The molecule has 3 atom stereocenters. The van der Waals surface area contributed by atoms with Crippen molar-refractivity contribution in [3.63, 3.8) is 0 Å². The zero-order valence-electron chi connectivity index (χ0n) is 15.0. The van der Waals surface area contributed by atoms with Gasteiger partial charge >= 0.3 is 0 Å². The van der Waals surface area contributed by atoms with E-state index in [0.717, 1.165) is 12.5 Å². The molecule has 0 heterocycles. The SMILES string of the molecule is CCCCC(CC)CC(C)C[N+](C)(C)CC(O)CS(=O)(=O)O. The number of rotatable bonds is 12. The molecular weight excluding hydrogens is 302 g/mol. The van der Waals surface area contributed by atoms with Gasteiger partial charge in [-0.3, -0.25) is 4.55 Å². The third kappa shape index (κ3) is 11.4. The van der Waals surface area contributed by atoms with Crippen LogP contribution in [0.25, 0.3) is 0 Å². The van der Waals surface area contributed by atoms with E-state index in [-0.39, 0.29) is 0 Å². The summed E-state index contributed by atoms with van der Waals surface area (Å²) < 4.78 is 31.0. The fourth-order valence-electron chi connectivity index (χ4n) is 3.41. The summed E-state index contributed by atoms with van der Waals surface area (Å²) in [5, 5.41) is 9.82. The Balaban J connectivity index is 4.37. The minimum absolute atomic E-state index is 0.329. The summed E-state index contributed by atoms with van der Waals surface area (Å²) in [6.07, 6.45) is 5.12. The summed E-state index contributed by atoms with van der Waals surface area (Å²) >= 11 is 0. The molecule has 0 rings (SSSR count). The minimum atomic E-state index is -4.12. The first kappa shape index (κ1) is 21.8. The Morgan fingerprint density at radius 3 is 2.18 bits per heavy atom. The Labute approximate surface area is 137 Å². The monoisotopic (exact) mass is 338 g/mol. The predicted molar refractivity (Wildman–Crippen MR) is 91.4 cm³/mol. The second-order valence-electron chi connectivity index (χ2n) is 7.46. The van der Waals surface area contributed by atoms with Crippen LogP contribution in [-0.2, 0) is 10.1 Å². The van der Waals surface area contributed by atoms with Gasteiger partial charge in [0.15, 0.2) is 0 Å². The van der Waals surface area contributed by atoms with E-state index in [0.29, 0.717) is 16.9 Å². The van der Waals surface area contributed by atoms with E-state index in [2.05, 4.69) is 20.8 Å². The van der Waals surface area contributed by atoms with Gasteiger partial charge in [-0.25, -0.2) is 0 Å². The molecule has 0 amide bonds. The molecule has 2 N–H and O–H groups in total. The van der Waals surface area contributed by atoms with Crippen LogP contribution in [0.3, 0.4) is 0 Å². The Kier molecular flexibility index (Phi) is 9.78. The molecule has 0 saturated carbocycles. The van der Waals surface area contributed by atoms with E-state index >= 15 is 0 Å². The van der Waals surface area contributed by atoms with Gasteiger partial charge in [-0.1, -0.05) is 46.5 Å². The highest BCUT2D eigenvalue weighted by Gasteiger charge is 2.26. The fraction of sp³-hybridized carbons (Fsp3) is 1.00. The van der Waals surface area contributed by atoms with Crippen molar-refractivity contribution in [1.29, 1.82) is 0 Å². The number of hydrogen-bond donors (Lipinski definition) is 2. The number of unbranched alkanes of at least 4 members (excludes halogenated alkanes) is 1. The van der Waals surface area contributed by atoms with Gasteiger partial charge in [0.1, 0.15) is 18.4 Å². The van der Waals surface area contributed by atoms with Crippen molar-refractivity contribution >= 4 is 10.1 Å². The van der Waals surface area contributed by atoms with Crippen LogP contribution < -0.4 is 0 Å². The third-order valence-electron chi connectivity index (χ3n) is 4.19. The second-order valence-corrected chi connectivity index (χ2v) is 8.96. The van der Waals surface area contributed by atoms with Gasteiger partial charge in [0.2, 0.25) is 0 Å².